The number of benzene rings is 1. The first-order chi connectivity index (χ1) is 10.1. The van der Waals surface area contributed by atoms with Crippen LogP contribution in [0, 0.1) is 0 Å². The first-order valence-electron chi connectivity index (χ1n) is 7.38. The van der Waals surface area contributed by atoms with Crippen LogP contribution in [0.1, 0.15) is 13.8 Å². The lowest BCUT2D eigenvalue weighted by Gasteiger charge is -2.34. The van der Waals surface area contributed by atoms with Gasteiger partial charge in [0.05, 0.1) is 11.0 Å². The van der Waals surface area contributed by atoms with Crippen molar-refractivity contribution < 1.29 is 4.79 Å². The molecule has 2 heterocycles. The number of urea groups is 1. The van der Waals surface area contributed by atoms with Gasteiger partial charge in [0.2, 0.25) is 5.95 Å². The van der Waals surface area contributed by atoms with Gasteiger partial charge in [-0.1, -0.05) is 12.1 Å². The number of rotatable bonds is 2. The molecule has 1 aromatic carbocycles. The Hall–Kier alpha value is -2.24. The van der Waals surface area contributed by atoms with E-state index in [0.29, 0.717) is 0 Å². The number of carbonyl (C=O) groups is 1. The summed E-state index contributed by atoms with van der Waals surface area (Å²) in [6.07, 6.45) is 0. The number of hydrogen-bond acceptors (Lipinski definition) is 3. The fourth-order valence-corrected chi connectivity index (χ4v) is 2.55. The maximum atomic E-state index is 12.0. The molecule has 6 heteroatoms. The zero-order valence-electron chi connectivity index (χ0n) is 12.5. The Balaban J connectivity index is 1.64. The largest absolute Gasteiger partial charge is 0.339 e. The summed E-state index contributed by atoms with van der Waals surface area (Å²) in [5, 5.41) is 2.93. The first-order valence-corrected chi connectivity index (χ1v) is 7.38. The van der Waals surface area contributed by atoms with Gasteiger partial charge < -0.3 is 20.1 Å². The highest BCUT2D eigenvalue weighted by Crippen LogP contribution is 2.18. The van der Waals surface area contributed by atoms with E-state index in [1.165, 1.54) is 0 Å². The van der Waals surface area contributed by atoms with Crippen LogP contribution in [0.2, 0.25) is 0 Å². The molecule has 0 aliphatic carbocycles. The number of aromatic nitrogens is 2. The third-order valence-corrected chi connectivity index (χ3v) is 3.66. The van der Waals surface area contributed by atoms with Gasteiger partial charge in [0.1, 0.15) is 0 Å². The van der Waals surface area contributed by atoms with Gasteiger partial charge in [-0.3, -0.25) is 0 Å². The summed E-state index contributed by atoms with van der Waals surface area (Å²) in [5.41, 5.74) is 2.03. The predicted molar refractivity (Wildman–Crippen MR) is 83.5 cm³/mol. The topological polar surface area (TPSA) is 64.3 Å². The van der Waals surface area contributed by atoms with Gasteiger partial charge >= 0.3 is 6.03 Å². The van der Waals surface area contributed by atoms with Crippen molar-refractivity contribution in [1.82, 2.24) is 20.2 Å². The van der Waals surface area contributed by atoms with Crippen molar-refractivity contribution >= 4 is 23.0 Å². The highest BCUT2D eigenvalue weighted by molar-refractivity contribution is 5.78. The van der Waals surface area contributed by atoms with E-state index >= 15 is 0 Å². The minimum atomic E-state index is 0.0225. The van der Waals surface area contributed by atoms with Crippen LogP contribution in [0.25, 0.3) is 11.0 Å². The number of nitrogens with zero attached hydrogens (tertiary/aromatic N) is 3. The Bertz CT molecular complexity index is 595. The summed E-state index contributed by atoms with van der Waals surface area (Å²) in [7, 11) is 0. The van der Waals surface area contributed by atoms with Crippen molar-refractivity contribution in [2.24, 2.45) is 0 Å². The number of anilines is 1. The lowest BCUT2D eigenvalue weighted by Crippen LogP contribution is -2.53. The molecule has 1 aliphatic rings. The molecule has 1 saturated heterocycles. The van der Waals surface area contributed by atoms with E-state index in [9.17, 15) is 4.79 Å². The molecule has 0 radical (unpaired) electrons. The number of fused-ring (bicyclic) bond motifs is 1. The lowest BCUT2D eigenvalue weighted by molar-refractivity contribution is 0.191. The van der Waals surface area contributed by atoms with Crippen LogP contribution in [0.15, 0.2) is 24.3 Å². The zero-order valence-corrected chi connectivity index (χ0v) is 12.5. The van der Waals surface area contributed by atoms with Crippen molar-refractivity contribution in [3.8, 4) is 0 Å². The SMILES string of the molecule is CC(C)NC(=O)N1CCN(c2nc3ccccc3[nH]2)CC1. The molecule has 2 N–H and O–H groups in total. The van der Waals surface area contributed by atoms with Gasteiger partial charge in [0, 0.05) is 32.2 Å². The van der Waals surface area contributed by atoms with Gasteiger partial charge in [-0.05, 0) is 26.0 Å². The predicted octanol–water partition coefficient (Wildman–Crippen LogP) is 1.80. The number of carbonyl (C=O) groups excluding carboxylic acids is 1. The summed E-state index contributed by atoms with van der Waals surface area (Å²) >= 11 is 0. The van der Waals surface area contributed by atoms with E-state index in [1.807, 2.05) is 43.0 Å². The number of imidazole rings is 1. The van der Waals surface area contributed by atoms with E-state index in [4.69, 9.17) is 0 Å². The molecule has 0 unspecified atom stereocenters. The van der Waals surface area contributed by atoms with Crippen molar-refractivity contribution in [1.29, 1.82) is 0 Å². The average Bonchev–Trinajstić information content (AvgIpc) is 2.90. The van der Waals surface area contributed by atoms with Gasteiger partial charge in [-0.15, -0.1) is 0 Å². The minimum Gasteiger partial charge on any atom is -0.339 e. The van der Waals surface area contributed by atoms with Crippen molar-refractivity contribution in [3.63, 3.8) is 0 Å². The van der Waals surface area contributed by atoms with E-state index in [-0.39, 0.29) is 12.1 Å². The smallest absolute Gasteiger partial charge is 0.317 e. The number of aromatic amines is 1. The molecule has 2 aromatic rings. The van der Waals surface area contributed by atoms with Crippen LogP contribution in [0.3, 0.4) is 0 Å². The number of piperazine rings is 1. The van der Waals surface area contributed by atoms with Gasteiger partial charge in [0.25, 0.3) is 0 Å². The third-order valence-electron chi connectivity index (χ3n) is 3.66. The summed E-state index contributed by atoms with van der Waals surface area (Å²) in [4.78, 5) is 24.0. The van der Waals surface area contributed by atoms with Crippen LogP contribution in [0.4, 0.5) is 10.7 Å². The maximum absolute atomic E-state index is 12.0. The lowest BCUT2D eigenvalue weighted by atomic mass is 10.3. The summed E-state index contributed by atoms with van der Waals surface area (Å²) in [6, 6.07) is 8.21. The molecule has 1 aromatic heterocycles. The van der Waals surface area contributed by atoms with Crippen LogP contribution >= 0.6 is 0 Å². The minimum absolute atomic E-state index is 0.0225. The van der Waals surface area contributed by atoms with Gasteiger partial charge in [-0.2, -0.15) is 0 Å². The average molecular weight is 287 g/mol. The molecular formula is C15H21N5O. The molecule has 2 amide bonds. The van der Waals surface area contributed by atoms with Crippen LogP contribution < -0.4 is 10.2 Å². The Kier molecular flexibility index (Phi) is 3.68. The molecule has 1 fully saturated rings. The number of para-hydroxylation sites is 2. The maximum Gasteiger partial charge on any atom is 0.317 e. The monoisotopic (exact) mass is 287 g/mol. The standard InChI is InChI=1S/C15H21N5O/c1-11(2)16-15(21)20-9-7-19(8-10-20)14-17-12-5-3-4-6-13(12)18-14/h3-6,11H,7-10H2,1-2H3,(H,16,21)(H,17,18). The Morgan fingerprint density at radius 3 is 2.62 bits per heavy atom. The molecule has 0 saturated carbocycles. The highest BCUT2D eigenvalue weighted by atomic mass is 16.2. The fourth-order valence-electron chi connectivity index (χ4n) is 2.55. The Morgan fingerprint density at radius 1 is 1.24 bits per heavy atom. The highest BCUT2D eigenvalue weighted by Gasteiger charge is 2.23. The number of hydrogen-bond donors (Lipinski definition) is 2. The van der Waals surface area contributed by atoms with E-state index in [0.717, 1.165) is 43.2 Å². The third kappa shape index (κ3) is 2.94. The zero-order chi connectivity index (χ0) is 14.8. The quantitative estimate of drug-likeness (QED) is 0.885. The first kappa shape index (κ1) is 13.7. The molecule has 1 aliphatic heterocycles. The van der Waals surface area contributed by atoms with Gasteiger partial charge in [0.15, 0.2) is 0 Å². The molecule has 21 heavy (non-hydrogen) atoms. The molecule has 0 spiro atoms. The van der Waals surface area contributed by atoms with E-state index in [1.54, 1.807) is 0 Å². The number of H-pyrrole nitrogens is 1. The second kappa shape index (κ2) is 5.63. The van der Waals surface area contributed by atoms with Crippen molar-refractivity contribution in [2.75, 3.05) is 31.1 Å². The summed E-state index contributed by atoms with van der Waals surface area (Å²) < 4.78 is 0. The molecule has 112 valence electrons. The Labute approximate surface area is 124 Å². The second-order valence-electron chi connectivity index (χ2n) is 5.66. The van der Waals surface area contributed by atoms with Crippen LogP contribution in [-0.4, -0.2) is 53.1 Å². The summed E-state index contributed by atoms with van der Waals surface area (Å²) in [5.74, 6) is 0.889. The molecule has 6 nitrogen and oxygen atoms in total. The van der Waals surface area contributed by atoms with E-state index in [2.05, 4.69) is 20.2 Å². The number of amides is 2. The van der Waals surface area contributed by atoms with Gasteiger partial charge in [-0.25, -0.2) is 9.78 Å². The summed E-state index contributed by atoms with van der Waals surface area (Å²) in [6.45, 7) is 6.98. The normalized spacial score (nSPS) is 15.8. The second-order valence-corrected chi connectivity index (χ2v) is 5.66. The fraction of sp³-hybridized carbons (Fsp3) is 0.467. The molecule has 0 bridgehead atoms. The molecular weight excluding hydrogens is 266 g/mol. The van der Waals surface area contributed by atoms with Crippen molar-refractivity contribution in [2.45, 2.75) is 19.9 Å². The molecule has 3 rings (SSSR count). The van der Waals surface area contributed by atoms with Crippen LogP contribution in [0.5, 0.6) is 0 Å². The molecule has 0 atom stereocenters. The van der Waals surface area contributed by atoms with Crippen LogP contribution in [-0.2, 0) is 0 Å². The Morgan fingerprint density at radius 2 is 1.95 bits per heavy atom. The van der Waals surface area contributed by atoms with Crippen molar-refractivity contribution in [3.05, 3.63) is 24.3 Å². The number of nitrogens with one attached hydrogen (secondary N) is 2. The van der Waals surface area contributed by atoms with E-state index < -0.39 is 0 Å².